The minimum Gasteiger partial charge on any atom is -0.360 e. The van der Waals surface area contributed by atoms with E-state index in [0.29, 0.717) is 12.3 Å². The van der Waals surface area contributed by atoms with E-state index in [1.807, 2.05) is 40.7 Å². The molecule has 0 radical (unpaired) electrons. The minimum absolute atomic E-state index is 0. The molecule has 2 aliphatic rings. The standard InChI is InChI=1S/C19H29N3O3.C2H6.H2/c1-12(2)17(16-11-13(3)21-25-16)19(24)22-10-6-9-15(22)18(23)20-14-7-4-5-8-14;1-2;/h11-12,14-15,17H,4-10H2,1-3H3,(H,20,23);1-2H3;1H/t15-,17+;;/m0../s1. The van der Waals surface area contributed by atoms with Gasteiger partial charge < -0.3 is 14.7 Å². The number of likely N-dealkylation sites (tertiary alicyclic amines) is 1. The fourth-order valence-corrected chi connectivity index (χ4v) is 4.11. The zero-order valence-electron chi connectivity index (χ0n) is 17.5. The second-order valence-corrected chi connectivity index (χ2v) is 7.77. The molecule has 27 heavy (non-hydrogen) atoms. The van der Waals surface area contributed by atoms with E-state index in [-0.39, 0.29) is 37.2 Å². The van der Waals surface area contributed by atoms with Crippen molar-refractivity contribution in [1.82, 2.24) is 15.4 Å². The molecule has 1 N–H and O–H groups in total. The lowest BCUT2D eigenvalue weighted by molar-refractivity contribution is -0.141. The molecule has 1 aromatic heterocycles. The zero-order valence-corrected chi connectivity index (χ0v) is 17.5. The van der Waals surface area contributed by atoms with Gasteiger partial charge in [0.2, 0.25) is 11.8 Å². The van der Waals surface area contributed by atoms with E-state index in [0.717, 1.165) is 31.4 Å². The van der Waals surface area contributed by atoms with Gasteiger partial charge >= 0.3 is 0 Å². The van der Waals surface area contributed by atoms with E-state index in [2.05, 4.69) is 10.5 Å². The molecule has 3 rings (SSSR count). The van der Waals surface area contributed by atoms with Crippen LogP contribution in [0.25, 0.3) is 0 Å². The van der Waals surface area contributed by atoms with Gasteiger partial charge in [-0.3, -0.25) is 9.59 Å². The summed E-state index contributed by atoms with van der Waals surface area (Å²) in [4.78, 5) is 27.7. The van der Waals surface area contributed by atoms with Crippen LogP contribution in [-0.2, 0) is 9.59 Å². The Balaban J connectivity index is 0.00000127. The molecule has 6 heteroatoms. The van der Waals surface area contributed by atoms with Crippen molar-refractivity contribution in [3.63, 3.8) is 0 Å². The number of nitrogens with one attached hydrogen (secondary N) is 1. The number of aryl methyl sites for hydroxylation is 1. The van der Waals surface area contributed by atoms with Gasteiger partial charge in [-0.2, -0.15) is 0 Å². The van der Waals surface area contributed by atoms with Crippen molar-refractivity contribution in [1.29, 1.82) is 0 Å². The third kappa shape index (κ3) is 5.11. The lowest BCUT2D eigenvalue weighted by atomic mass is 9.91. The molecule has 0 unspecified atom stereocenters. The Morgan fingerprint density at radius 3 is 2.44 bits per heavy atom. The third-order valence-electron chi connectivity index (χ3n) is 5.43. The van der Waals surface area contributed by atoms with Gasteiger partial charge in [0, 0.05) is 20.1 Å². The fraction of sp³-hybridized carbons (Fsp3) is 0.762. The summed E-state index contributed by atoms with van der Waals surface area (Å²) in [6, 6.07) is 1.76. The Morgan fingerprint density at radius 1 is 1.22 bits per heavy atom. The monoisotopic (exact) mass is 379 g/mol. The van der Waals surface area contributed by atoms with Crippen molar-refractivity contribution in [2.24, 2.45) is 5.92 Å². The van der Waals surface area contributed by atoms with Gasteiger partial charge in [0.25, 0.3) is 0 Å². The molecule has 0 spiro atoms. The lowest BCUT2D eigenvalue weighted by Crippen LogP contribution is -2.49. The smallest absolute Gasteiger partial charge is 0.243 e. The summed E-state index contributed by atoms with van der Waals surface area (Å²) in [5.74, 6) is 0.281. The molecule has 2 atom stereocenters. The molecule has 154 valence electrons. The highest BCUT2D eigenvalue weighted by molar-refractivity contribution is 5.91. The third-order valence-corrected chi connectivity index (χ3v) is 5.43. The second-order valence-electron chi connectivity index (χ2n) is 7.77. The summed E-state index contributed by atoms with van der Waals surface area (Å²) in [7, 11) is 0. The molecule has 0 aromatic carbocycles. The number of carbonyl (C=O) groups is 2. The maximum absolute atomic E-state index is 13.2. The Morgan fingerprint density at radius 2 is 1.89 bits per heavy atom. The first kappa shape index (κ1) is 21.5. The van der Waals surface area contributed by atoms with Crippen LogP contribution in [0.5, 0.6) is 0 Å². The quantitative estimate of drug-likeness (QED) is 0.837. The van der Waals surface area contributed by atoms with Gasteiger partial charge in [-0.1, -0.05) is 45.7 Å². The van der Waals surface area contributed by atoms with Crippen molar-refractivity contribution in [2.45, 2.75) is 91.1 Å². The summed E-state index contributed by atoms with van der Waals surface area (Å²) in [5, 5.41) is 7.08. The van der Waals surface area contributed by atoms with Crippen LogP contribution in [0.15, 0.2) is 10.6 Å². The minimum atomic E-state index is -0.388. The van der Waals surface area contributed by atoms with Crippen LogP contribution < -0.4 is 5.32 Å². The molecule has 6 nitrogen and oxygen atoms in total. The van der Waals surface area contributed by atoms with Gasteiger partial charge in [-0.05, 0) is 38.5 Å². The van der Waals surface area contributed by atoms with Crippen LogP contribution in [0, 0.1) is 12.8 Å². The number of hydrogen-bond donors (Lipinski definition) is 1. The summed E-state index contributed by atoms with van der Waals surface area (Å²) in [6.07, 6.45) is 6.08. The lowest BCUT2D eigenvalue weighted by Gasteiger charge is -2.29. The average molecular weight is 380 g/mol. The molecule has 1 saturated carbocycles. The van der Waals surface area contributed by atoms with Crippen molar-refractivity contribution < 1.29 is 15.5 Å². The number of hydrogen-bond acceptors (Lipinski definition) is 4. The van der Waals surface area contributed by atoms with Crippen LogP contribution in [-0.4, -0.2) is 40.5 Å². The highest BCUT2D eigenvalue weighted by atomic mass is 16.5. The van der Waals surface area contributed by atoms with Gasteiger partial charge in [0.05, 0.1) is 5.69 Å². The van der Waals surface area contributed by atoms with Crippen LogP contribution in [0.1, 0.15) is 85.0 Å². The Labute approximate surface area is 164 Å². The molecule has 0 bridgehead atoms. The molecular weight excluding hydrogens is 342 g/mol. The topological polar surface area (TPSA) is 75.4 Å². The normalized spacial score (nSPS) is 21.1. The van der Waals surface area contributed by atoms with E-state index in [1.54, 1.807) is 4.90 Å². The fourth-order valence-electron chi connectivity index (χ4n) is 4.11. The maximum atomic E-state index is 13.2. The van der Waals surface area contributed by atoms with Gasteiger partial charge in [0.15, 0.2) is 0 Å². The number of nitrogens with zero attached hydrogens (tertiary/aromatic N) is 2. The van der Waals surface area contributed by atoms with Crippen LogP contribution in [0.4, 0.5) is 0 Å². The molecular formula is C21H37N3O3. The summed E-state index contributed by atoms with van der Waals surface area (Å²) in [5.41, 5.74) is 0.769. The molecule has 1 aliphatic carbocycles. The van der Waals surface area contributed by atoms with Crippen molar-refractivity contribution >= 4 is 11.8 Å². The Bertz CT molecular complexity index is 626. The maximum Gasteiger partial charge on any atom is 0.243 e. The van der Waals surface area contributed by atoms with Gasteiger partial charge in [-0.15, -0.1) is 0 Å². The van der Waals surface area contributed by atoms with E-state index >= 15 is 0 Å². The second kappa shape index (κ2) is 9.90. The highest BCUT2D eigenvalue weighted by Crippen LogP contribution is 2.31. The summed E-state index contributed by atoms with van der Waals surface area (Å²) in [6.45, 7) is 10.5. The molecule has 1 aliphatic heterocycles. The number of aromatic nitrogens is 1. The Kier molecular flexibility index (Phi) is 7.87. The number of carbonyl (C=O) groups excluding carboxylic acids is 2. The molecule has 1 saturated heterocycles. The van der Waals surface area contributed by atoms with Gasteiger partial charge in [0.1, 0.15) is 17.7 Å². The first-order chi connectivity index (χ1) is 13.0. The predicted octanol–water partition coefficient (Wildman–Crippen LogP) is 4.04. The molecule has 1 aromatic rings. The first-order valence-electron chi connectivity index (χ1n) is 10.5. The van der Waals surface area contributed by atoms with Crippen molar-refractivity contribution in [3.05, 3.63) is 17.5 Å². The van der Waals surface area contributed by atoms with Crippen LogP contribution in [0.3, 0.4) is 0 Å². The Hall–Kier alpha value is -1.85. The van der Waals surface area contributed by atoms with E-state index in [4.69, 9.17) is 4.52 Å². The van der Waals surface area contributed by atoms with E-state index in [1.165, 1.54) is 12.8 Å². The summed E-state index contributed by atoms with van der Waals surface area (Å²) < 4.78 is 5.37. The summed E-state index contributed by atoms with van der Waals surface area (Å²) >= 11 is 0. The number of amides is 2. The molecule has 2 amide bonds. The predicted molar refractivity (Wildman–Crippen MR) is 107 cm³/mol. The SMILES string of the molecule is CC.Cc1cc([C@H](C(=O)N2CCC[C@H]2C(=O)NC2CCCC2)C(C)C)on1.[HH]. The van der Waals surface area contributed by atoms with Crippen molar-refractivity contribution in [3.8, 4) is 0 Å². The largest absolute Gasteiger partial charge is 0.360 e. The molecule has 2 heterocycles. The molecule has 2 fully saturated rings. The average Bonchev–Trinajstić information content (AvgIpc) is 3.38. The highest BCUT2D eigenvalue weighted by Gasteiger charge is 2.40. The van der Waals surface area contributed by atoms with E-state index in [9.17, 15) is 9.59 Å². The van der Waals surface area contributed by atoms with Crippen molar-refractivity contribution in [2.75, 3.05) is 6.54 Å². The van der Waals surface area contributed by atoms with Crippen LogP contribution >= 0.6 is 0 Å². The number of rotatable bonds is 5. The van der Waals surface area contributed by atoms with Gasteiger partial charge in [-0.25, -0.2) is 0 Å². The zero-order chi connectivity index (χ0) is 20.0. The van der Waals surface area contributed by atoms with E-state index < -0.39 is 0 Å². The first-order valence-corrected chi connectivity index (χ1v) is 10.5. The van der Waals surface area contributed by atoms with Crippen LogP contribution in [0.2, 0.25) is 0 Å².